The van der Waals surface area contributed by atoms with Gasteiger partial charge < -0.3 is 30.4 Å². The van der Waals surface area contributed by atoms with E-state index in [-0.39, 0.29) is 5.75 Å². The average molecular weight is 503 g/mol. The summed E-state index contributed by atoms with van der Waals surface area (Å²) >= 11 is 0. The van der Waals surface area contributed by atoms with Crippen molar-refractivity contribution in [3.05, 3.63) is 28.8 Å². The molecule has 3 rings (SSSR count). The number of rotatable bonds is 11. The van der Waals surface area contributed by atoms with Gasteiger partial charge in [0.25, 0.3) is 6.47 Å². The predicted octanol–water partition coefficient (Wildman–Crippen LogP) is 4.73. The Balaban J connectivity index is 0.000000830. The van der Waals surface area contributed by atoms with Crippen LogP contribution in [0.3, 0.4) is 0 Å². The Bertz CT molecular complexity index is 954. The standard InChI is InChI=1S/C24H36N4O3.C3H6O2/c1-4-6-7-9-17(5-2)26-24-20(14-25)19-10-8-11-31-15-16-12-18(30-3)13-21(29)22(16)23(19)27-28-24;1-2-5-3-4/h12-13,17,29H,4-11,14-15,25H2,1-3H3,(H,26,28);3H,2H2,1H3. The van der Waals surface area contributed by atoms with Crippen LogP contribution in [0.25, 0.3) is 11.3 Å². The molecule has 0 amide bonds. The molecule has 200 valence electrons. The Morgan fingerprint density at radius 2 is 2.06 bits per heavy atom. The van der Waals surface area contributed by atoms with Crippen LogP contribution in [0.4, 0.5) is 5.82 Å². The topological polar surface area (TPSA) is 129 Å². The van der Waals surface area contributed by atoms with Gasteiger partial charge in [-0.05, 0) is 49.8 Å². The number of ether oxygens (including phenoxy) is 3. The summed E-state index contributed by atoms with van der Waals surface area (Å²) in [6.07, 6.45) is 7.37. The van der Waals surface area contributed by atoms with Crippen molar-refractivity contribution in [3.63, 3.8) is 0 Å². The van der Waals surface area contributed by atoms with E-state index < -0.39 is 0 Å². The molecule has 1 unspecified atom stereocenters. The number of carbonyl (C=O) groups is 1. The summed E-state index contributed by atoms with van der Waals surface area (Å²) in [6.45, 7) is 8.44. The normalized spacial score (nSPS) is 13.5. The molecule has 0 fully saturated rings. The number of carbonyl (C=O) groups excluding carboxylic acids is 1. The van der Waals surface area contributed by atoms with Gasteiger partial charge in [0.05, 0.1) is 20.3 Å². The van der Waals surface area contributed by atoms with Crippen molar-refractivity contribution in [1.82, 2.24) is 10.2 Å². The van der Waals surface area contributed by atoms with Gasteiger partial charge >= 0.3 is 0 Å². The van der Waals surface area contributed by atoms with Gasteiger partial charge in [0.2, 0.25) is 0 Å². The summed E-state index contributed by atoms with van der Waals surface area (Å²) < 4.78 is 15.3. The van der Waals surface area contributed by atoms with Crippen LogP contribution >= 0.6 is 0 Å². The van der Waals surface area contributed by atoms with Crippen LogP contribution in [0.15, 0.2) is 12.1 Å². The summed E-state index contributed by atoms with van der Waals surface area (Å²) in [4.78, 5) is 9.18. The SMILES string of the molecule is CCCCCC(CC)Nc1nnc2c(c1CN)CCCOCc1cc(OC)cc(O)c1-2.CCOC=O. The number of phenolic OH excluding ortho intramolecular Hbond substituents is 1. The van der Waals surface area contributed by atoms with Crippen LogP contribution in [0.2, 0.25) is 0 Å². The highest BCUT2D eigenvalue weighted by molar-refractivity contribution is 5.76. The Hall–Kier alpha value is -2.91. The smallest absolute Gasteiger partial charge is 0.293 e. The minimum Gasteiger partial charge on any atom is -0.507 e. The second-order valence-electron chi connectivity index (χ2n) is 8.69. The molecule has 0 spiro atoms. The van der Waals surface area contributed by atoms with E-state index >= 15 is 0 Å². The molecule has 1 aliphatic rings. The molecule has 9 heteroatoms. The zero-order valence-electron chi connectivity index (χ0n) is 22.1. The number of nitrogens with two attached hydrogens (primary N) is 1. The number of anilines is 1. The van der Waals surface area contributed by atoms with E-state index in [0.717, 1.165) is 48.2 Å². The van der Waals surface area contributed by atoms with Gasteiger partial charge in [0.1, 0.15) is 17.2 Å². The molecular weight excluding hydrogens is 460 g/mol. The molecular formula is C27H42N4O5. The third-order valence-electron chi connectivity index (χ3n) is 6.23. The van der Waals surface area contributed by atoms with Crippen LogP contribution in [0.1, 0.15) is 76.0 Å². The molecule has 9 nitrogen and oxygen atoms in total. The monoisotopic (exact) mass is 502 g/mol. The quantitative estimate of drug-likeness (QED) is 0.295. The fourth-order valence-corrected chi connectivity index (χ4v) is 4.29. The highest BCUT2D eigenvalue weighted by Gasteiger charge is 2.24. The van der Waals surface area contributed by atoms with Gasteiger partial charge in [-0.1, -0.05) is 33.1 Å². The van der Waals surface area contributed by atoms with E-state index in [4.69, 9.17) is 15.2 Å². The zero-order chi connectivity index (χ0) is 26.3. The number of nitrogens with zero attached hydrogens (tertiary/aromatic N) is 2. The molecule has 0 aliphatic carbocycles. The number of fused-ring (bicyclic) bond motifs is 3. The minimum absolute atomic E-state index is 0.116. The lowest BCUT2D eigenvalue weighted by atomic mass is 9.94. The number of benzene rings is 1. The van der Waals surface area contributed by atoms with Gasteiger partial charge in [-0.2, -0.15) is 0 Å². The lowest BCUT2D eigenvalue weighted by Gasteiger charge is -2.22. The van der Waals surface area contributed by atoms with Crippen LogP contribution in [-0.2, 0) is 33.8 Å². The van der Waals surface area contributed by atoms with Gasteiger partial charge in [-0.25, -0.2) is 0 Å². The van der Waals surface area contributed by atoms with Crippen LogP contribution in [0, 0.1) is 0 Å². The number of aromatic hydroxyl groups is 1. The molecule has 1 atom stereocenters. The summed E-state index contributed by atoms with van der Waals surface area (Å²) in [6, 6.07) is 3.84. The summed E-state index contributed by atoms with van der Waals surface area (Å²) in [5.41, 5.74) is 10.4. The number of hydrogen-bond acceptors (Lipinski definition) is 9. The Morgan fingerprint density at radius 1 is 1.25 bits per heavy atom. The van der Waals surface area contributed by atoms with Crippen molar-refractivity contribution < 1.29 is 24.1 Å². The second kappa shape index (κ2) is 16.0. The van der Waals surface area contributed by atoms with E-state index in [9.17, 15) is 9.90 Å². The van der Waals surface area contributed by atoms with Crippen LogP contribution < -0.4 is 15.8 Å². The highest BCUT2D eigenvalue weighted by atomic mass is 16.5. The van der Waals surface area contributed by atoms with Gasteiger partial charge in [0, 0.05) is 36.4 Å². The van der Waals surface area contributed by atoms with Gasteiger partial charge in [-0.3, -0.25) is 4.79 Å². The third kappa shape index (κ3) is 8.06. The predicted molar refractivity (Wildman–Crippen MR) is 141 cm³/mol. The molecule has 0 saturated carbocycles. The highest BCUT2D eigenvalue weighted by Crippen LogP contribution is 2.40. The number of phenols is 1. The first-order chi connectivity index (χ1) is 17.5. The maximum Gasteiger partial charge on any atom is 0.293 e. The molecule has 0 saturated heterocycles. The molecule has 1 aliphatic heterocycles. The number of methoxy groups -OCH3 is 1. The van der Waals surface area contributed by atoms with Crippen molar-refractivity contribution in [2.45, 2.75) is 84.9 Å². The minimum atomic E-state index is 0.116. The second-order valence-corrected chi connectivity index (χ2v) is 8.69. The summed E-state index contributed by atoms with van der Waals surface area (Å²) in [5, 5.41) is 23.5. The molecule has 1 aromatic heterocycles. The first-order valence-corrected chi connectivity index (χ1v) is 12.9. The lowest BCUT2D eigenvalue weighted by Crippen LogP contribution is -2.22. The molecule has 0 bridgehead atoms. The summed E-state index contributed by atoms with van der Waals surface area (Å²) in [7, 11) is 1.58. The van der Waals surface area contributed by atoms with E-state index in [2.05, 4.69) is 34.1 Å². The van der Waals surface area contributed by atoms with E-state index in [1.54, 1.807) is 20.1 Å². The fourth-order valence-electron chi connectivity index (χ4n) is 4.29. The number of unbranched alkanes of at least 4 members (excludes halogenated alkanes) is 2. The Labute approximate surface area is 214 Å². The third-order valence-corrected chi connectivity index (χ3v) is 6.23. The molecule has 4 N–H and O–H groups in total. The molecule has 0 radical (unpaired) electrons. The Morgan fingerprint density at radius 3 is 2.67 bits per heavy atom. The number of nitrogens with one attached hydrogen (secondary N) is 1. The molecule has 1 aromatic carbocycles. The fraction of sp³-hybridized carbons (Fsp3) is 0.593. The summed E-state index contributed by atoms with van der Waals surface area (Å²) in [5.74, 6) is 1.47. The number of aromatic nitrogens is 2. The van der Waals surface area contributed by atoms with Gasteiger partial charge in [-0.15, -0.1) is 10.2 Å². The maximum absolute atomic E-state index is 10.8. The first-order valence-electron chi connectivity index (χ1n) is 12.9. The van der Waals surface area contributed by atoms with Crippen molar-refractivity contribution in [3.8, 4) is 22.8 Å². The van der Waals surface area contributed by atoms with E-state index in [1.165, 1.54) is 19.3 Å². The molecule has 2 aromatic rings. The van der Waals surface area contributed by atoms with Crippen molar-refractivity contribution in [2.75, 3.05) is 25.6 Å². The van der Waals surface area contributed by atoms with Gasteiger partial charge in [0.15, 0.2) is 5.82 Å². The van der Waals surface area contributed by atoms with Crippen molar-refractivity contribution in [2.24, 2.45) is 5.73 Å². The zero-order valence-corrected chi connectivity index (χ0v) is 22.1. The van der Waals surface area contributed by atoms with Crippen LogP contribution in [-0.4, -0.2) is 48.1 Å². The maximum atomic E-state index is 10.8. The van der Waals surface area contributed by atoms with Crippen molar-refractivity contribution in [1.29, 1.82) is 0 Å². The number of hydrogen-bond donors (Lipinski definition) is 3. The van der Waals surface area contributed by atoms with E-state index in [1.807, 2.05) is 6.07 Å². The first kappa shape index (κ1) is 29.3. The molecule has 2 heterocycles. The Kier molecular flexibility index (Phi) is 13.0. The molecule has 36 heavy (non-hydrogen) atoms. The average Bonchev–Trinajstić information content (AvgIpc) is 2.97. The van der Waals surface area contributed by atoms with Crippen molar-refractivity contribution >= 4 is 12.3 Å². The van der Waals surface area contributed by atoms with E-state index in [0.29, 0.717) is 55.9 Å². The largest absolute Gasteiger partial charge is 0.507 e. The van der Waals surface area contributed by atoms with Crippen LogP contribution in [0.5, 0.6) is 11.5 Å². The lowest BCUT2D eigenvalue weighted by molar-refractivity contribution is -0.128.